The van der Waals surface area contributed by atoms with Crippen LogP contribution in [0.15, 0.2) is 16.6 Å². The Morgan fingerprint density at radius 2 is 2.19 bits per heavy atom. The van der Waals surface area contributed by atoms with Crippen molar-refractivity contribution in [3.05, 3.63) is 22.2 Å². The number of halogens is 1. The average molecular weight is 353 g/mol. The van der Waals surface area contributed by atoms with E-state index in [1.807, 2.05) is 7.05 Å². The van der Waals surface area contributed by atoms with Crippen LogP contribution in [0.4, 0.5) is 11.4 Å². The highest BCUT2D eigenvalue weighted by Crippen LogP contribution is 2.40. The van der Waals surface area contributed by atoms with Crippen LogP contribution in [-0.4, -0.2) is 51.1 Å². The number of amides is 1. The summed E-state index contributed by atoms with van der Waals surface area (Å²) in [4.78, 5) is 16.6. The van der Waals surface area contributed by atoms with Crippen molar-refractivity contribution in [2.45, 2.75) is 18.5 Å². The Kier molecular flexibility index (Phi) is 3.94. The molecule has 1 aromatic rings. The van der Waals surface area contributed by atoms with Gasteiger partial charge in [-0.2, -0.15) is 0 Å². The smallest absolute Gasteiger partial charge is 0.246 e. The molecule has 1 amide bonds. The Hall–Kier alpha value is -1.11. The van der Waals surface area contributed by atoms with E-state index < -0.39 is 0 Å². The van der Waals surface area contributed by atoms with Crippen molar-refractivity contribution < 1.29 is 4.79 Å². The second kappa shape index (κ2) is 5.59. The summed E-state index contributed by atoms with van der Waals surface area (Å²) in [6, 6.07) is 4.49. The number of carbonyl (C=O) groups excluding carboxylic acids is 1. The van der Waals surface area contributed by atoms with E-state index in [4.69, 9.17) is 0 Å². The standard InChI is InChI=1S/C15H21BrN4O/c1-17-14-10-6-11(16)13(7-12(10)18-15(14)21)20-5-4-9(8-20)19(2)3/h6-7,9,14,17H,4-5,8H2,1-3H3,(H,18,21). The third kappa shape index (κ3) is 2.56. The topological polar surface area (TPSA) is 47.6 Å². The van der Waals surface area contributed by atoms with Crippen molar-refractivity contribution in [3.63, 3.8) is 0 Å². The maximum Gasteiger partial charge on any atom is 0.246 e. The van der Waals surface area contributed by atoms with E-state index in [2.05, 4.69) is 62.6 Å². The Morgan fingerprint density at radius 1 is 1.43 bits per heavy atom. The van der Waals surface area contributed by atoms with Crippen LogP contribution in [0.25, 0.3) is 0 Å². The summed E-state index contributed by atoms with van der Waals surface area (Å²) in [5, 5.41) is 6.02. The van der Waals surface area contributed by atoms with Crippen LogP contribution in [0.5, 0.6) is 0 Å². The molecule has 2 aliphatic rings. The van der Waals surface area contributed by atoms with Gasteiger partial charge in [0.2, 0.25) is 5.91 Å². The van der Waals surface area contributed by atoms with Crippen LogP contribution in [0.1, 0.15) is 18.0 Å². The number of hydrogen-bond donors (Lipinski definition) is 2. The zero-order valence-corrected chi connectivity index (χ0v) is 14.2. The van der Waals surface area contributed by atoms with Gasteiger partial charge in [0.05, 0.1) is 5.69 Å². The van der Waals surface area contributed by atoms with Gasteiger partial charge in [0, 0.05) is 34.9 Å². The van der Waals surface area contributed by atoms with Crippen LogP contribution in [0.3, 0.4) is 0 Å². The van der Waals surface area contributed by atoms with Crippen LogP contribution >= 0.6 is 15.9 Å². The maximum atomic E-state index is 11.9. The molecule has 2 aliphatic heterocycles. The lowest BCUT2D eigenvalue weighted by molar-refractivity contribution is -0.117. The molecule has 21 heavy (non-hydrogen) atoms. The SMILES string of the molecule is CNC1C(=O)Nc2cc(N3CCC(N(C)C)C3)c(Br)cc21. The van der Waals surface area contributed by atoms with Crippen molar-refractivity contribution in [3.8, 4) is 0 Å². The van der Waals surface area contributed by atoms with Crippen molar-refractivity contribution >= 4 is 33.2 Å². The summed E-state index contributed by atoms with van der Waals surface area (Å²) in [6.07, 6.45) is 1.17. The highest BCUT2D eigenvalue weighted by Gasteiger charge is 2.32. The molecule has 0 aromatic heterocycles. The highest BCUT2D eigenvalue weighted by molar-refractivity contribution is 9.10. The van der Waals surface area contributed by atoms with Crippen LogP contribution < -0.4 is 15.5 Å². The summed E-state index contributed by atoms with van der Waals surface area (Å²) >= 11 is 3.67. The Balaban J connectivity index is 1.89. The number of nitrogens with one attached hydrogen (secondary N) is 2. The van der Waals surface area contributed by atoms with Gasteiger partial charge >= 0.3 is 0 Å². The van der Waals surface area contributed by atoms with Crippen LogP contribution in [0, 0.1) is 0 Å². The molecule has 1 saturated heterocycles. The summed E-state index contributed by atoms with van der Waals surface area (Å²) < 4.78 is 1.05. The van der Waals surface area contributed by atoms with Gasteiger partial charge in [0.25, 0.3) is 0 Å². The average Bonchev–Trinajstić information content (AvgIpc) is 3.01. The molecule has 114 valence electrons. The first-order valence-corrected chi connectivity index (χ1v) is 8.03. The predicted octanol–water partition coefficient (Wildman–Crippen LogP) is 1.80. The molecule has 0 radical (unpaired) electrons. The first kappa shape index (κ1) is 14.8. The zero-order chi connectivity index (χ0) is 15.1. The van der Waals surface area contributed by atoms with Gasteiger partial charge in [-0.25, -0.2) is 0 Å². The van der Waals surface area contributed by atoms with Gasteiger partial charge < -0.3 is 20.4 Å². The van der Waals surface area contributed by atoms with Crippen LogP contribution in [-0.2, 0) is 4.79 Å². The Bertz CT molecular complexity index is 575. The number of likely N-dealkylation sites (N-methyl/N-ethyl adjacent to an activating group) is 2. The molecule has 2 atom stereocenters. The first-order chi connectivity index (χ1) is 10.0. The second-order valence-electron chi connectivity index (χ2n) is 5.95. The van der Waals surface area contributed by atoms with E-state index in [9.17, 15) is 4.79 Å². The van der Waals surface area contributed by atoms with Gasteiger partial charge in [-0.05, 0) is 55.6 Å². The number of rotatable bonds is 3. The van der Waals surface area contributed by atoms with E-state index in [0.717, 1.165) is 34.5 Å². The molecule has 0 spiro atoms. The lowest BCUT2D eigenvalue weighted by atomic mass is 10.1. The highest BCUT2D eigenvalue weighted by atomic mass is 79.9. The fourth-order valence-corrected chi connectivity index (χ4v) is 3.79. The second-order valence-corrected chi connectivity index (χ2v) is 6.81. The molecule has 0 bridgehead atoms. The van der Waals surface area contributed by atoms with Crippen molar-refractivity contribution in [2.75, 3.05) is 44.4 Å². The molecule has 2 heterocycles. The molecular weight excluding hydrogens is 332 g/mol. The molecule has 2 unspecified atom stereocenters. The minimum absolute atomic E-state index is 0.0177. The van der Waals surface area contributed by atoms with Crippen molar-refractivity contribution in [1.29, 1.82) is 0 Å². The van der Waals surface area contributed by atoms with E-state index in [-0.39, 0.29) is 11.9 Å². The molecule has 1 aromatic carbocycles. The predicted molar refractivity (Wildman–Crippen MR) is 88.9 cm³/mol. The lowest BCUT2D eigenvalue weighted by Crippen LogP contribution is -2.31. The minimum Gasteiger partial charge on any atom is -0.369 e. The molecule has 2 N–H and O–H groups in total. The fourth-order valence-electron chi connectivity index (χ4n) is 3.18. The van der Waals surface area contributed by atoms with Crippen molar-refractivity contribution in [1.82, 2.24) is 10.2 Å². The van der Waals surface area contributed by atoms with Gasteiger partial charge in [-0.1, -0.05) is 0 Å². The van der Waals surface area contributed by atoms with E-state index >= 15 is 0 Å². The number of hydrogen-bond acceptors (Lipinski definition) is 4. The summed E-state index contributed by atoms with van der Waals surface area (Å²) in [5.74, 6) is 0.0177. The third-order valence-electron chi connectivity index (χ3n) is 4.47. The fraction of sp³-hybridized carbons (Fsp3) is 0.533. The normalized spacial score (nSPS) is 24.6. The molecule has 5 nitrogen and oxygen atoms in total. The zero-order valence-electron chi connectivity index (χ0n) is 12.6. The lowest BCUT2D eigenvalue weighted by Gasteiger charge is -2.23. The first-order valence-electron chi connectivity index (χ1n) is 7.24. The Morgan fingerprint density at radius 3 is 2.81 bits per heavy atom. The van der Waals surface area contributed by atoms with E-state index in [1.54, 1.807) is 0 Å². The summed E-state index contributed by atoms with van der Waals surface area (Å²) in [6.45, 7) is 2.07. The number of anilines is 2. The molecule has 0 aliphatic carbocycles. The quantitative estimate of drug-likeness (QED) is 0.870. The van der Waals surface area contributed by atoms with E-state index in [1.165, 1.54) is 6.42 Å². The summed E-state index contributed by atoms with van der Waals surface area (Å²) in [7, 11) is 6.07. The summed E-state index contributed by atoms with van der Waals surface area (Å²) in [5.41, 5.74) is 3.10. The molecule has 6 heteroatoms. The number of carbonyl (C=O) groups is 1. The monoisotopic (exact) mass is 352 g/mol. The van der Waals surface area contributed by atoms with Gasteiger partial charge in [0.15, 0.2) is 0 Å². The van der Waals surface area contributed by atoms with Gasteiger partial charge in [0.1, 0.15) is 6.04 Å². The third-order valence-corrected chi connectivity index (χ3v) is 5.11. The number of benzene rings is 1. The minimum atomic E-state index is -0.251. The number of fused-ring (bicyclic) bond motifs is 1. The Labute approximate surface area is 133 Å². The van der Waals surface area contributed by atoms with E-state index in [0.29, 0.717) is 6.04 Å². The maximum absolute atomic E-state index is 11.9. The molecular formula is C15H21BrN4O. The van der Waals surface area contributed by atoms with Gasteiger partial charge in [-0.3, -0.25) is 4.79 Å². The largest absolute Gasteiger partial charge is 0.369 e. The molecule has 3 rings (SSSR count). The van der Waals surface area contributed by atoms with Crippen LogP contribution in [0.2, 0.25) is 0 Å². The number of nitrogens with zero attached hydrogens (tertiary/aromatic N) is 2. The van der Waals surface area contributed by atoms with Gasteiger partial charge in [-0.15, -0.1) is 0 Å². The molecule has 0 saturated carbocycles. The van der Waals surface area contributed by atoms with Crippen molar-refractivity contribution in [2.24, 2.45) is 0 Å². The molecule has 1 fully saturated rings.